The van der Waals surface area contributed by atoms with Gasteiger partial charge in [0.2, 0.25) is 5.91 Å². The number of fused-ring (bicyclic) bond motifs is 1. The van der Waals surface area contributed by atoms with E-state index < -0.39 is 28.9 Å². The van der Waals surface area contributed by atoms with Crippen LogP contribution in [0, 0.1) is 16.0 Å². The van der Waals surface area contributed by atoms with E-state index in [1.807, 2.05) is 30.3 Å². The molecular formula is C25H20BrN3O6. The number of carbonyl (C=O) groups is 2. The zero-order valence-electron chi connectivity index (χ0n) is 18.5. The second kappa shape index (κ2) is 9.12. The smallest absolute Gasteiger partial charge is 0.271 e. The van der Waals surface area contributed by atoms with E-state index in [9.17, 15) is 19.7 Å². The first-order valence-corrected chi connectivity index (χ1v) is 11.6. The van der Waals surface area contributed by atoms with Crippen molar-refractivity contribution in [2.75, 3.05) is 12.2 Å². The highest BCUT2D eigenvalue weighted by Gasteiger charge is 2.59. The lowest BCUT2D eigenvalue weighted by Gasteiger charge is -2.29. The number of halogens is 1. The molecule has 3 aromatic carbocycles. The van der Waals surface area contributed by atoms with Crippen molar-refractivity contribution in [1.29, 1.82) is 0 Å². The van der Waals surface area contributed by atoms with Crippen molar-refractivity contribution >= 4 is 39.1 Å². The van der Waals surface area contributed by atoms with Crippen molar-refractivity contribution in [3.05, 3.63) is 98.5 Å². The fourth-order valence-electron chi connectivity index (χ4n) is 4.57. The van der Waals surface area contributed by atoms with E-state index >= 15 is 0 Å². The van der Waals surface area contributed by atoms with Gasteiger partial charge in [-0.05, 0) is 45.3 Å². The molecule has 35 heavy (non-hydrogen) atoms. The number of ether oxygens (including phenoxy) is 1. The van der Waals surface area contributed by atoms with Crippen molar-refractivity contribution in [3.63, 3.8) is 0 Å². The summed E-state index contributed by atoms with van der Waals surface area (Å²) in [5.41, 5.74) is 1.77. The highest BCUT2D eigenvalue weighted by atomic mass is 79.9. The van der Waals surface area contributed by atoms with E-state index in [4.69, 9.17) is 9.57 Å². The molecule has 3 aromatic rings. The summed E-state index contributed by atoms with van der Waals surface area (Å²) in [5, 5.41) is 12.8. The number of carbonyl (C=O) groups excluding carboxylic acids is 2. The molecule has 0 N–H and O–H groups in total. The Balaban J connectivity index is 1.56. The fraction of sp³-hybridized carbons (Fsp3) is 0.200. The Labute approximate surface area is 209 Å². The maximum absolute atomic E-state index is 13.6. The Bertz CT molecular complexity index is 1320. The molecule has 0 radical (unpaired) electrons. The van der Waals surface area contributed by atoms with Gasteiger partial charge >= 0.3 is 0 Å². The van der Waals surface area contributed by atoms with Crippen LogP contribution in [-0.4, -0.2) is 34.9 Å². The number of non-ortho nitro benzene ring substituents is 1. The molecule has 9 nitrogen and oxygen atoms in total. The number of likely N-dealkylation sites (tertiary alicyclic amines) is 1. The number of benzene rings is 3. The van der Waals surface area contributed by atoms with Crippen LogP contribution in [0.25, 0.3) is 0 Å². The number of nitrogens with zero attached hydrogens (tertiary/aromatic N) is 3. The molecule has 2 fully saturated rings. The zero-order chi connectivity index (χ0) is 24.7. The van der Waals surface area contributed by atoms with Crippen LogP contribution in [0.4, 0.5) is 11.4 Å². The molecule has 0 saturated carbocycles. The number of anilines is 1. The van der Waals surface area contributed by atoms with Crippen LogP contribution in [-0.2, 0) is 21.0 Å². The van der Waals surface area contributed by atoms with Crippen molar-refractivity contribution in [2.24, 2.45) is 5.92 Å². The zero-order valence-corrected chi connectivity index (χ0v) is 20.1. The summed E-state index contributed by atoms with van der Waals surface area (Å²) >= 11 is 3.48. The van der Waals surface area contributed by atoms with Gasteiger partial charge in [-0.25, -0.2) is 5.06 Å². The summed E-state index contributed by atoms with van der Waals surface area (Å²) < 4.78 is 5.99. The van der Waals surface area contributed by atoms with E-state index in [1.165, 1.54) is 28.2 Å². The van der Waals surface area contributed by atoms with Crippen LogP contribution >= 0.6 is 15.9 Å². The third-order valence-corrected chi connectivity index (χ3v) is 6.82. The number of hydrogen-bond acceptors (Lipinski definition) is 7. The lowest BCUT2D eigenvalue weighted by Crippen LogP contribution is -2.37. The topological polar surface area (TPSA) is 102 Å². The molecule has 3 unspecified atom stereocenters. The minimum atomic E-state index is -1.05. The number of methoxy groups -OCH3 is 1. The van der Waals surface area contributed by atoms with Crippen molar-refractivity contribution in [2.45, 2.75) is 18.7 Å². The SMILES string of the molecule is COc1ccc(C2C3C(=O)N(Cc4ccccc4)C(=O)C3ON2c2cccc([N+](=O)[O-])c2)cc1Br. The number of nitro benzene ring substituents is 1. The molecule has 0 spiro atoms. The summed E-state index contributed by atoms with van der Waals surface area (Å²) in [7, 11) is 1.55. The first-order chi connectivity index (χ1) is 16.9. The maximum atomic E-state index is 13.6. The van der Waals surface area contributed by atoms with Gasteiger partial charge in [0.1, 0.15) is 11.7 Å². The van der Waals surface area contributed by atoms with Crippen LogP contribution in [0.5, 0.6) is 5.75 Å². The predicted molar refractivity (Wildman–Crippen MR) is 129 cm³/mol. The van der Waals surface area contributed by atoms with Gasteiger partial charge < -0.3 is 4.74 Å². The maximum Gasteiger partial charge on any atom is 0.271 e. The Morgan fingerprint density at radius 3 is 2.49 bits per heavy atom. The fourth-order valence-corrected chi connectivity index (χ4v) is 5.12. The Morgan fingerprint density at radius 1 is 1.03 bits per heavy atom. The first kappa shape index (κ1) is 23.0. The lowest BCUT2D eigenvalue weighted by atomic mass is 9.90. The highest BCUT2D eigenvalue weighted by molar-refractivity contribution is 9.10. The average Bonchev–Trinajstić information content (AvgIpc) is 3.37. The summed E-state index contributed by atoms with van der Waals surface area (Å²) in [6.07, 6.45) is -1.05. The molecule has 2 heterocycles. The van der Waals surface area contributed by atoms with Crippen molar-refractivity contribution in [1.82, 2.24) is 4.90 Å². The molecular weight excluding hydrogens is 518 g/mol. The number of imide groups is 1. The molecule has 2 aliphatic heterocycles. The number of hydroxylamine groups is 1. The Hall–Kier alpha value is -3.76. The summed E-state index contributed by atoms with van der Waals surface area (Å²) in [5.74, 6) is -1.01. The van der Waals surface area contributed by atoms with Gasteiger partial charge in [-0.2, -0.15) is 0 Å². The van der Waals surface area contributed by atoms with E-state index in [2.05, 4.69) is 15.9 Å². The monoisotopic (exact) mass is 537 g/mol. The highest BCUT2D eigenvalue weighted by Crippen LogP contribution is 2.48. The second-order valence-corrected chi connectivity index (χ2v) is 9.10. The van der Waals surface area contributed by atoms with E-state index in [0.717, 1.165) is 5.56 Å². The van der Waals surface area contributed by atoms with Crippen LogP contribution < -0.4 is 9.80 Å². The number of rotatable bonds is 6. The van der Waals surface area contributed by atoms with Gasteiger partial charge in [0.05, 0.1) is 34.8 Å². The Kier molecular flexibility index (Phi) is 6.00. The molecule has 10 heteroatoms. The van der Waals surface area contributed by atoms with Gasteiger partial charge in [-0.15, -0.1) is 0 Å². The van der Waals surface area contributed by atoms with Crippen molar-refractivity contribution in [3.8, 4) is 5.75 Å². The standard InChI is InChI=1S/C25H20BrN3O6/c1-34-20-11-10-16(12-19(20)26)22-21-23(35-28(22)17-8-5-9-18(13-17)29(32)33)25(31)27(24(21)30)14-15-6-3-2-4-7-15/h2-13,21-23H,14H2,1H3. The lowest BCUT2D eigenvalue weighted by molar-refractivity contribution is -0.384. The van der Waals surface area contributed by atoms with Crippen LogP contribution in [0.1, 0.15) is 17.2 Å². The third kappa shape index (κ3) is 4.04. The quantitative estimate of drug-likeness (QED) is 0.260. The third-order valence-electron chi connectivity index (χ3n) is 6.20. The van der Waals surface area contributed by atoms with Gasteiger partial charge in [-0.1, -0.05) is 42.5 Å². The normalized spacial score (nSPS) is 21.4. The van der Waals surface area contributed by atoms with E-state index in [1.54, 1.807) is 31.4 Å². The van der Waals surface area contributed by atoms with Crippen LogP contribution in [0.3, 0.4) is 0 Å². The van der Waals surface area contributed by atoms with Crippen molar-refractivity contribution < 1.29 is 24.1 Å². The number of hydrogen-bond donors (Lipinski definition) is 0. The molecule has 0 aromatic heterocycles. The van der Waals surface area contributed by atoms with Gasteiger partial charge in [0.15, 0.2) is 6.10 Å². The van der Waals surface area contributed by atoms with Crippen LogP contribution in [0.2, 0.25) is 0 Å². The second-order valence-electron chi connectivity index (χ2n) is 8.24. The molecule has 3 atom stereocenters. The Morgan fingerprint density at radius 2 is 1.80 bits per heavy atom. The molecule has 2 amide bonds. The summed E-state index contributed by atoms with van der Waals surface area (Å²) in [4.78, 5) is 45.1. The molecule has 2 saturated heterocycles. The molecule has 2 aliphatic rings. The van der Waals surface area contributed by atoms with Gasteiger partial charge in [0, 0.05) is 12.1 Å². The van der Waals surface area contributed by atoms with E-state index in [0.29, 0.717) is 21.5 Å². The van der Waals surface area contributed by atoms with Gasteiger partial charge in [-0.3, -0.25) is 29.4 Å². The molecule has 178 valence electrons. The molecule has 5 rings (SSSR count). The van der Waals surface area contributed by atoms with E-state index in [-0.39, 0.29) is 18.1 Å². The minimum absolute atomic E-state index is 0.124. The van der Waals surface area contributed by atoms with Crippen LogP contribution in [0.15, 0.2) is 77.3 Å². The summed E-state index contributed by atoms with van der Waals surface area (Å²) in [6, 6.07) is 19.8. The molecule has 0 bridgehead atoms. The molecule has 0 aliphatic carbocycles. The summed E-state index contributed by atoms with van der Waals surface area (Å²) in [6.45, 7) is 0.144. The predicted octanol–water partition coefficient (Wildman–Crippen LogP) is 4.41. The largest absolute Gasteiger partial charge is 0.496 e. The number of nitro groups is 1. The first-order valence-electron chi connectivity index (χ1n) is 10.8. The number of amides is 2. The average molecular weight is 538 g/mol. The minimum Gasteiger partial charge on any atom is -0.496 e. The van der Waals surface area contributed by atoms with Gasteiger partial charge in [0.25, 0.3) is 11.6 Å².